The third-order valence-corrected chi connectivity index (χ3v) is 10.0. The SMILES string of the molecule is Cc1ccnc(-n2c3ccccc3c3ccc(C(c4ccccc4)(c4ccccc4)c4cccc(-n5c[n+](C)c6ccccc65)c4)cc32)c1. The van der Waals surface area contributed by atoms with E-state index in [1.165, 1.54) is 49.6 Å². The summed E-state index contributed by atoms with van der Waals surface area (Å²) in [4.78, 5) is 4.88. The van der Waals surface area contributed by atoms with E-state index >= 15 is 0 Å². The molecule has 0 N–H and O–H groups in total. The Morgan fingerprint density at radius 1 is 0.531 bits per heavy atom. The summed E-state index contributed by atoms with van der Waals surface area (Å²) in [5.41, 5.74) is 11.1. The number of benzene rings is 6. The number of hydrogen-bond acceptors (Lipinski definition) is 1. The van der Waals surface area contributed by atoms with Gasteiger partial charge in [0.2, 0.25) is 6.33 Å². The van der Waals surface area contributed by atoms with E-state index in [0.717, 1.165) is 22.5 Å². The van der Waals surface area contributed by atoms with Crippen molar-refractivity contribution in [3.63, 3.8) is 0 Å². The highest BCUT2D eigenvalue weighted by atomic mass is 15.1. The highest BCUT2D eigenvalue weighted by molar-refractivity contribution is 6.09. The maximum absolute atomic E-state index is 4.88. The van der Waals surface area contributed by atoms with Crippen LogP contribution in [0.5, 0.6) is 0 Å². The number of rotatable bonds is 6. The summed E-state index contributed by atoms with van der Waals surface area (Å²) in [6.07, 6.45) is 4.08. The lowest BCUT2D eigenvalue weighted by Crippen LogP contribution is -2.31. The minimum Gasteiger partial charge on any atom is -0.294 e. The van der Waals surface area contributed by atoms with Crippen LogP contribution in [-0.4, -0.2) is 14.1 Å². The first-order valence-electron chi connectivity index (χ1n) is 16.8. The summed E-state index contributed by atoms with van der Waals surface area (Å²) in [5.74, 6) is 0.919. The molecule has 0 fully saturated rings. The van der Waals surface area contributed by atoms with Crippen LogP contribution in [0.2, 0.25) is 0 Å². The molecule has 0 spiro atoms. The van der Waals surface area contributed by atoms with Crippen LogP contribution in [0, 0.1) is 6.92 Å². The van der Waals surface area contributed by atoms with E-state index in [0.29, 0.717) is 0 Å². The van der Waals surface area contributed by atoms with Gasteiger partial charge >= 0.3 is 0 Å². The highest BCUT2D eigenvalue weighted by Gasteiger charge is 2.39. The van der Waals surface area contributed by atoms with Gasteiger partial charge in [0.05, 0.1) is 23.5 Å². The van der Waals surface area contributed by atoms with Crippen LogP contribution >= 0.6 is 0 Å². The molecule has 0 saturated carbocycles. The normalized spacial score (nSPS) is 11.9. The van der Waals surface area contributed by atoms with Crippen LogP contribution in [0.3, 0.4) is 0 Å². The van der Waals surface area contributed by atoms with Gasteiger partial charge in [-0.25, -0.2) is 9.55 Å². The third-order valence-electron chi connectivity index (χ3n) is 10.0. The molecule has 4 nitrogen and oxygen atoms in total. The fourth-order valence-corrected chi connectivity index (χ4v) is 7.83. The fraction of sp³-hybridized carbons (Fsp3) is 0.0667. The van der Waals surface area contributed by atoms with E-state index in [1.54, 1.807) is 0 Å². The molecule has 0 bridgehead atoms. The van der Waals surface area contributed by atoms with Crippen molar-refractivity contribution < 1.29 is 4.57 Å². The Morgan fingerprint density at radius 2 is 1.16 bits per heavy atom. The Kier molecular flexibility index (Phi) is 6.77. The Morgan fingerprint density at radius 3 is 1.92 bits per heavy atom. The molecule has 234 valence electrons. The van der Waals surface area contributed by atoms with E-state index in [4.69, 9.17) is 4.98 Å². The first-order chi connectivity index (χ1) is 24.1. The van der Waals surface area contributed by atoms with Crippen LogP contribution in [0.25, 0.3) is 44.3 Å². The standard InChI is InChI=1S/C45H35N4/c1-32-26-27-46-44(28-32)49-40-21-10-9-20-38(40)39-25-24-36(30-43(39)49)45(33-14-5-3-6-15-33,34-16-7-4-8-17-34)35-18-13-19-37(29-35)48-31-47(2)41-22-11-12-23-42(41)48/h3-31H,1-2H3/q+1. The summed E-state index contributed by atoms with van der Waals surface area (Å²) in [6, 6.07) is 59.5. The molecule has 49 heavy (non-hydrogen) atoms. The number of aromatic nitrogens is 4. The lowest BCUT2D eigenvalue weighted by atomic mass is 9.65. The second-order valence-corrected chi connectivity index (χ2v) is 12.9. The number of aryl methyl sites for hydroxylation is 2. The smallest absolute Gasteiger partial charge is 0.249 e. The third kappa shape index (κ3) is 4.52. The molecule has 6 aromatic carbocycles. The topological polar surface area (TPSA) is 26.6 Å². The molecule has 9 aromatic rings. The summed E-state index contributed by atoms with van der Waals surface area (Å²) < 4.78 is 6.81. The molecule has 3 aromatic heterocycles. The predicted octanol–water partition coefficient (Wildman–Crippen LogP) is 9.64. The van der Waals surface area contributed by atoms with Gasteiger partial charge < -0.3 is 0 Å². The number of nitrogens with zero attached hydrogens (tertiary/aromatic N) is 4. The van der Waals surface area contributed by atoms with E-state index < -0.39 is 5.41 Å². The zero-order valence-corrected chi connectivity index (χ0v) is 27.5. The number of para-hydroxylation sites is 3. The minimum absolute atomic E-state index is 0.626. The maximum atomic E-state index is 4.88. The molecule has 0 aliphatic carbocycles. The molecule has 0 aliphatic heterocycles. The van der Waals surface area contributed by atoms with Gasteiger partial charge in [-0.3, -0.25) is 4.57 Å². The van der Waals surface area contributed by atoms with Gasteiger partial charge in [-0.2, -0.15) is 4.57 Å². The number of imidazole rings is 1. The predicted molar refractivity (Wildman–Crippen MR) is 200 cm³/mol. The summed E-state index contributed by atoms with van der Waals surface area (Å²) in [7, 11) is 2.11. The maximum Gasteiger partial charge on any atom is 0.249 e. The first-order valence-corrected chi connectivity index (χ1v) is 16.8. The number of hydrogen-bond donors (Lipinski definition) is 0. The van der Waals surface area contributed by atoms with Crippen LogP contribution in [-0.2, 0) is 12.5 Å². The monoisotopic (exact) mass is 631 g/mol. The van der Waals surface area contributed by atoms with Crippen LogP contribution in [0.1, 0.15) is 27.8 Å². The molecule has 9 rings (SSSR count). The second-order valence-electron chi connectivity index (χ2n) is 12.9. The highest BCUT2D eigenvalue weighted by Crippen LogP contribution is 2.47. The van der Waals surface area contributed by atoms with E-state index in [9.17, 15) is 0 Å². The van der Waals surface area contributed by atoms with E-state index in [2.05, 4.69) is 198 Å². The first kappa shape index (κ1) is 28.9. The molecular formula is C45H35N4+. The zero-order chi connectivity index (χ0) is 33.0. The molecule has 0 amide bonds. The van der Waals surface area contributed by atoms with Crippen molar-refractivity contribution >= 4 is 32.8 Å². The molecule has 3 heterocycles. The molecule has 0 atom stereocenters. The second kappa shape index (κ2) is 11.5. The van der Waals surface area contributed by atoms with Gasteiger partial charge in [-0.05, 0) is 83.3 Å². The van der Waals surface area contributed by atoms with Crippen molar-refractivity contribution in [1.82, 2.24) is 14.1 Å². The molecule has 0 unspecified atom stereocenters. The lowest BCUT2D eigenvalue weighted by Gasteiger charge is -2.37. The van der Waals surface area contributed by atoms with Crippen molar-refractivity contribution in [1.29, 1.82) is 0 Å². The fourth-order valence-electron chi connectivity index (χ4n) is 7.83. The summed E-state index contributed by atoms with van der Waals surface area (Å²) in [6.45, 7) is 2.13. The van der Waals surface area contributed by atoms with Gasteiger partial charge in [0.15, 0.2) is 11.0 Å². The van der Waals surface area contributed by atoms with Crippen LogP contribution in [0.4, 0.5) is 0 Å². The Balaban J connectivity index is 1.39. The van der Waals surface area contributed by atoms with Crippen LogP contribution in [0.15, 0.2) is 176 Å². The molecule has 0 saturated heterocycles. The van der Waals surface area contributed by atoms with Crippen molar-refractivity contribution in [3.05, 3.63) is 204 Å². The Labute approximate surface area is 285 Å². The lowest BCUT2D eigenvalue weighted by molar-refractivity contribution is -0.645. The average molecular weight is 632 g/mol. The van der Waals surface area contributed by atoms with Crippen molar-refractivity contribution in [3.8, 4) is 11.5 Å². The van der Waals surface area contributed by atoms with Gasteiger partial charge in [0.25, 0.3) is 0 Å². The molecule has 4 heteroatoms. The molecule has 0 radical (unpaired) electrons. The van der Waals surface area contributed by atoms with Gasteiger partial charge in [0.1, 0.15) is 11.5 Å². The summed E-state index contributed by atoms with van der Waals surface area (Å²) in [5, 5.41) is 2.42. The average Bonchev–Trinajstić information content (AvgIpc) is 3.67. The quantitative estimate of drug-likeness (QED) is 0.133. The van der Waals surface area contributed by atoms with Crippen molar-refractivity contribution in [2.24, 2.45) is 7.05 Å². The number of fused-ring (bicyclic) bond motifs is 4. The Bertz CT molecular complexity index is 2590. The van der Waals surface area contributed by atoms with E-state index in [-0.39, 0.29) is 0 Å². The van der Waals surface area contributed by atoms with Gasteiger partial charge in [-0.1, -0.05) is 115 Å². The number of pyridine rings is 1. The van der Waals surface area contributed by atoms with Gasteiger partial charge in [-0.15, -0.1) is 0 Å². The molecule has 0 aliphatic rings. The largest absolute Gasteiger partial charge is 0.294 e. The van der Waals surface area contributed by atoms with Gasteiger partial charge in [0, 0.05) is 17.0 Å². The molecular weight excluding hydrogens is 597 g/mol. The minimum atomic E-state index is -0.626. The summed E-state index contributed by atoms with van der Waals surface area (Å²) >= 11 is 0. The van der Waals surface area contributed by atoms with Crippen LogP contribution < -0.4 is 4.57 Å². The zero-order valence-electron chi connectivity index (χ0n) is 27.5. The Hall–Kier alpha value is -6.26. The van der Waals surface area contributed by atoms with Crippen molar-refractivity contribution in [2.75, 3.05) is 0 Å². The van der Waals surface area contributed by atoms with Crippen molar-refractivity contribution in [2.45, 2.75) is 12.3 Å². The van der Waals surface area contributed by atoms with E-state index in [1.807, 2.05) is 6.20 Å².